The lowest BCUT2D eigenvalue weighted by Gasteiger charge is -2.39. The third-order valence-electron chi connectivity index (χ3n) is 14.1. The highest BCUT2D eigenvalue weighted by atomic mass is 15.0. The molecule has 4 nitrogen and oxygen atoms in total. The molecule has 8 aromatic carbocycles. The second-order valence-corrected chi connectivity index (χ2v) is 17.0. The van der Waals surface area contributed by atoms with Gasteiger partial charge >= 0.3 is 0 Å². The number of aromatic amines is 1. The normalized spacial score (nSPS) is 14.7. The zero-order valence-electron chi connectivity index (χ0n) is 33.0. The predicted molar refractivity (Wildman–Crippen MR) is 249 cm³/mol. The number of para-hydroxylation sites is 4. The van der Waals surface area contributed by atoms with Gasteiger partial charge in [0.1, 0.15) is 0 Å². The number of rotatable bonds is 4. The van der Waals surface area contributed by atoms with Gasteiger partial charge < -0.3 is 18.7 Å². The summed E-state index contributed by atoms with van der Waals surface area (Å²) in [5, 5.41) is 10.4. The SMILES string of the molecule is Cn1c2ccccc2c2cc(-n3c4ccccc4c4cc(C5(c6ccc7c(c6)c6ccccc6n7-c6ccc7[nH]c8ccccc8c7c6)CCCCC5)ccc43)ccc21. The van der Waals surface area contributed by atoms with Gasteiger partial charge in [-0.05, 0) is 109 Å². The summed E-state index contributed by atoms with van der Waals surface area (Å²) >= 11 is 0. The van der Waals surface area contributed by atoms with Crippen LogP contribution in [0.15, 0.2) is 170 Å². The average molecular weight is 759 g/mol. The molecule has 0 spiro atoms. The minimum absolute atomic E-state index is 0.0716. The van der Waals surface area contributed by atoms with Crippen molar-refractivity contribution >= 4 is 87.2 Å². The first-order valence-corrected chi connectivity index (χ1v) is 21.2. The molecule has 0 atom stereocenters. The Morgan fingerprint density at radius 2 is 0.814 bits per heavy atom. The van der Waals surface area contributed by atoms with E-state index in [2.05, 4.69) is 196 Å². The largest absolute Gasteiger partial charge is 0.355 e. The summed E-state index contributed by atoms with van der Waals surface area (Å²) < 4.78 is 7.27. The third-order valence-corrected chi connectivity index (χ3v) is 14.1. The fourth-order valence-electron chi connectivity index (χ4n) is 11.3. The fraction of sp³-hybridized carbons (Fsp3) is 0.127. The van der Waals surface area contributed by atoms with Crippen molar-refractivity contribution in [2.24, 2.45) is 7.05 Å². The number of H-pyrrole nitrogens is 1. The quantitative estimate of drug-likeness (QED) is 0.185. The molecule has 0 unspecified atom stereocenters. The molecular formula is C55H42N4. The minimum Gasteiger partial charge on any atom is -0.355 e. The Morgan fingerprint density at radius 3 is 1.46 bits per heavy atom. The van der Waals surface area contributed by atoms with Gasteiger partial charge in [-0.15, -0.1) is 0 Å². The van der Waals surface area contributed by atoms with Gasteiger partial charge in [-0.1, -0.05) is 104 Å². The van der Waals surface area contributed by atoms with Crippen molar-refractivity contribution in [2.45, 2.75) is 37.5 Å². The lowest BCUT2D eigenvalue weighted by Crippen LogP contribution is -2.30. The summed E-state index contributed by atoms with van der Waals surface area (Å²) in [5.74, 6) is 0. The van der Waals surface area contributed by atoms with Gasteiger partial charge in [-0.2, -0.15) is 0 Å². The Labute approximate surface area is 341 Å². The summed E-state index contributed by atoms with van der Waals surface area (Å²) in [6, 6.07) is 64.1. The second kappa shape index (κ2) is 12.2. The lowest BCUT2D eigenvalue weighted by atomic mass is 9.65. The molecule has 1 aliphatic rings. The first-order chi connectivity index (χ1) is 29.1. The van der Waals surface area contributed by atoms with E-state index in [-0.39, 0.29) is 5.41 Å². The molecule has 0 amide bonds. The van der Waals surface area contributed by atoms with E-state index < -0.39 is 0 Å². The molecule has 13 rings (SSSR count). The molecule has 0 saturated heterocycles. The minimum atomic E-state index is -0.0716. The standard InChI is InChI=1S/C55H42N4/c1-57-49-18-8-4-14-40(49)46-34-38(24-28-50(46)57)59-52-20-10-6-16-42(52)45-32-36(22-27-54(45)59)55(29-11-2-12-30-55)35-21-26-53-44(31-35)41-15-5-9-19-51(41)58(53)37-23-25-48-43(33-37)39-13-3-7-17-47(39)56-48/h3-10,13-28,31-34,56H,2,11-12,29-30H2,1H3. The predicted octanol–water partition coefficient (Wildman–Crippen LogP) is 14.4. The topological polar surface area (TPSA) is 30.6 Å². The van der Waals surface area contributed by atoms with Crippen molar-refractivity contribution in [3.63, 3.8) is 0 Å². The lowest BCUT2D eigenvalue weighted by molar-refractivity contribution is 0.346. The van der Waals surface area contributed by atoms with Crippen LogP contribution in [0.5, 0.6) is 0 Å². The van der Waals surface area contributed by atoms with Crippen LogP contribution >= 0.6 is 0 Å². The Kier molecular flexibility index (Phi) is 6.84. The molecule has 1 N–H and O–H groups in total. The summed E-state index contributed by atoms with van der Waals surface area (Å²) in [6.45, 7) is 0. The monoisotopic (exact) mass is 758 g/mol. The number of hydrogen-bond donors (Lipinski definition) is 1. The molecule has 0 radical (unpaired) electrons. The molecule has 12 aromatic rings. The maximum Gasteiger partial charge on any atom is 0.0541 e. The van der Waals surface area contributed by atoms with Crippen molar-refractivity contribution in [1.82, 2.24) is 18.7 Å². The van der Waals surface area contributed by atoms with E-state index in [1.165, 1.54) is 129 Å². The Morgan fingerprint density at radius 1 is 0.373 bits per heavy atom. The van der Waals surface area contributed by atoms with Crippen LogP contribution in [0, 0.1) is 0 Å². The first kappa shape index (κ1) is 33.0. The number of aromatic nitrogens is 4. The van der Waals surface area contributed by atoms with Gasteiger partial charge in [0, 0.05) is 89.0 Å². The highest BCUT2D eigenvalue weighted by Crippen LogP contribution is 2.48. The fourth-order valence-corrected chi connectivity index (χ4v) is 11.3. The van der Waals surface area contributed by atoms with Gasteiger partial charge in [0.05, 0.1) is 22.1 Å². The third kappa shape index (κ3) is 4.60. The summed E-state index contributed by atoms with van der Waals surface area (Å²) in [4.78, 5) is 3.62. The van der Waals surface area contributed by atoms with E-state index in [0.29, 0.717) is 0 Å². The molecule has 1 aliphatic carbocycles. The molecule has 4 aromatic heterocycles. The average Bonchev–Trinajstić information content (AvgIpc) is 4.02. The van der Waals surface area contributed by atoms with Crippen molar-refractivity contribution in [3.8, 4) is 11.4 Å². The summed E-state index contributed by atoms with van der Waals surface area (Å²) in [6.07, 6.45) is 6.05. The Bertz CT molecular complexity index is 3670. The van der Waals surface area contributed by atoms with Crippen molar-refractivity contribution in [3.05, 3.63) is 181 Å². The van der Waals surface area contributed by atoms with Crippen LogP contribution in [-0.4, -0.2) is 18.7 Å². The highest BCUT2D eigenvalue weighted by Gasteiger charge is 2.37. The van der Waals surface area contributed by atoms with Crippen molar-refractivity contribution in [2.75, 3.05) is 0 Å². The van der Waals surface area contributed by atoms with Crippen LogP contribution in [0.1, 0.15) is 43.2 Å². The smallest absolute Gasteiger partial charge is 0.0541 e. The number of aryl methyl sites for hydroxylation is 1. The molecule has 59 heavy (non-hydrogen) atoms. The van der Waals surface area contributed by atoms with Crippen molar-refractivity contribution < 1.29 is 0 Å². The van der Waals surface area contributed by atoms with Crippen LogP contribution < -0.4 is 0 Å². The zero-order chi connectivity index (χ0) is 38.8. The van der Waals surface area contributed by atoms with E-state index in [1.54, 1.807) is 0 Å². The first-order valence-electron chi connectivity index (χ1n) is 21.2. The molecule has 0 bridgehead atoms. The zero-order valence-corrected chi connectivity index (χ0v) is 33.0. The van der Waals surface area contributed by atoms with E-state index in [1.807, 2.05) is 0 Å². The van der Waals surface area contributed by atoms with E-state index >= 15 is 0 Å². The maximum atomic E-state index is 3.62. The van der Waals surface area contributed by atoms with Gasteiger partial charge in [-0.25, -0.2) is 0 Å². The Hall–Kier alpha value is -7.04. The van der Waals surface area contributed by atoms with Gasteiger partial charge in [-0.3, -0.25) is 0 Å². The Balaban J connectivity index is 0.992. The van der Waals surface area contributed by atoms with Crippen LogP contribution in [0.3, 0.4) is 0 Å². The van der Waals surface area contributed by atoms with Crippen LogP contribution in [-0.2, 0) is 12.5 Å². The number of benzene rings is 8. The number of nitrogens with zero attached hydrogens (tertiary/aromatic N) is 3. The number of hydrogen-bond acceptors (Lipinski definition) is 0. The molecule has 0 aliphatic heterocycles. The van der Waals surface area contributed by atoms with Gasteiger partial charge in [0.25, 0.3) is 0 Å². The van der Waals surface area contributed by atoms with Crippen molar-refractivity contribution in [1.29, 1.82) is 0 Å². The van der Waals surface area contributed by atoms with E-state index in [9.17, 15) is 0 Å². The van der Waals surface area contributed by atoms with Crippen LogP contribution in [0.2, 0.25) is 0 Å². The van der Waals surface area contributed by atoms with Gasteiger partial charge in [0.2, 0.25) is 0 Å². The van der Waals surface area contributed by atoms with E-state index in [4.69, 9.17) is 0 Å². The molecular weight excluding hydrogens is 717 g/mol. The summed E-state index contributed by atoms with van der Waals surface area (Å²) in [7, 11) is 2.18. The molecule has 4 heterocycles. The highest BCUT2D eigenvalue weighted by molar-refractivity contribution is 6.13. The van der Waals surface area contributed by atoms with Crippen LogP contribution in [0.25, 0.3) is 98.6 Å². The molecule has 4 heteroatoms. The number of nitrogens with one attached hydrogen (secondary N) is 1. The molecule has 1 saturated carbocycles. The summed E-state index contributed by atoms with van der Waals surface area (Å²) in [5.41, 5.74) is 15.1. The maximum absolute atomic E-state index is 3.62. The van der Waals surface area contributed by atoms with Crippen LogP contribution in [0.4, 0.5) is 0 Å². The number of fused-ring (bicyclic) bond motifs is 12. The second-order valence-electron chi connectivity index (χ2n) is 17.0. The molecule has 1 fully saturated rings. The van der Waals surface area contributed by atoms with E-state index in [0.717, 1.165) is 12.8 Å². The van der Waals surface area contributed by atoms with Gasteiger partial charge in [0.15, 0.2) is 0 Å². The molecule has 282 valence electrons.